The molecule has 2 aliphatic rings. The van der Waals surface area contributed by atoms with Crippen LogP contribution in [0.4, 0.5) is 10.5 Å². The summed E-state index contributed by atoms with van der Waals surface area (Å²) in [7, 11) is 0. The minimum Gasteiger partial charge on any atom is -0.456 e. The first-order valence-corrected chi connectivity index (χ1v) is 24.8. The number of benzene rings is 6. The first-order valence-electron chi connectivity index (χ1n) is 24.8. The van der Waals surface area contributed by atoms with Crippen LogP contribution < -0.4 is 14.4 Å². The van der Waals surface area contributed by atoms with Crippen molar-refractivity contribution in [2.45, 2.75) is 139 Å². The van der Waals surface area contributed by atoms with Crippen LogP contribution in [0.3, 0.4) is 0 Å². The molecule has 362 valence electrons. The Labute approximate surface area is 411 Å². The Morgan fingerprint density at radius 2 is 1.36 bits per heavy atom. The van der Waals surface area contributed by atoms with Gasteiger partial charge in [-0.25, -0.2) is 9.59 Å². The van der Waals surface area contributed by atoms with Gasteiger partial charge in [0, 0.05) is 36.0 Å². The van der Waals surface area contributed by atoms with Crippen molar-refractivity contribution in [3.8, 4) is 17.2 Å². The summed E-state index contributed by atoms with van der Waals surface area (Å²) in [6.45, 7) is 33.1. The molecular formula is C62H73NO6. The molecule has 0 N–H and O–H groups in total. The molecule has 0 aromatic heterocycles. The fourth-order valence-corrected chi connectivity index (χ4v) is 10.9. The molecule has 1 spiro atoms. The molecule has 0 aliphatic carbocycles. The summed E-state index contributed by atoms with van der Waals surface area (Å²) in [5, 5.41) is 2.05. The zero-order valence-electron chi connectivity index (χ0n) is 43.5. The third kappa shape index (κ3) is 9.76. The van der Waals surface area contributed by atoms with Crippen molar-refractivity contribution in [2.75, 3.05) is 11.4 Å². The number of hydrogen-bond acceptors (Lipinski definition) is 7. The zero-order chi connectivity index (χ0) is 49.9. The number of ether oxygens (including phenoxy) is 4. The van der Waals surface area contributed by atoms with Gasteiger partial charge in [0.1, 0.15) is 22.8 Å². The predicted octanol–water partition coefficient (Wildman–Crippen LogP) is 16.5. The second kappa shape index (κ2) is 18.0. The van der Waals surface area contributed by atoms with Crippen molar-refractivity contribution in [1.29, 1.82) is 0 Å². The Bertz CT molecular complexity index is 2870. The van der Waals surface area contributed by atoms with Crippen molar-refractivity contribution in [2.24, 2.45) is 21.7 Å². The predicted molar refractivity (Wildman–Crippen MR) is 280 cm³/mol. The topological polar surface area (TPSA) is 74.3 Å². The number of carbonyl (C=O) groups excluding carboxylic acids is 2. The van der Waals surface area contributed by atoms with Gasteiger partial charge in [0.15, 0.2) is 5.60 Å². The monoisotopic (exact) mass is 928 g/mol. The van der Waals surface area contributed by atoms with Crippen LogP contribution in [0.15, 0.2) is 127 Å². The van der Waals surface area contributed by atoms with Gasteiger partial charge in [-0.3, -0.25) is 0 Å². The van der Waals surface area contributed by atoms with Crippen LogP contribution in [0.5, 0.6) is 17.2 Å². The summed E-state index contributed by atoms with van der Waals surface area (Å²) in [5.74, 6) is 2.00. The van der Waals surface area contributed by atoms with Crippen LogP contribution in [-0.4, -0.2) is 24.3 Å². The molecular weight excluding hydrogens is 855 g/mol. The number of anilines is 1. The maximum atomic E-state index is 13.7. The molecule has 69 heavy (non-hydrogen) atoms. The molecule has 0 fully saturated rings. The molecule has 8 rings (SSSR count). The number of fused-ring (bicyclic) bond motifs is 8. The molecule has 7 heteroatoms. The van der Waals surface area contributed by atoms with E-state index in [2.05, 4.69) is 154 Å². The van der Waals surface area contributed by atoms with Gasteiger partial charge in [-0.15, -0.1) is 0 Å². The van der Waals surface area contributed by atoms with Crippen molar-refractivity contribution < 1.29 is 28.5 Å². The van der Waals surface area contributed by atoms with Gasteiger partial charge in [0.05, 0.1) is 11.1 Å². The van der Waals surface area contributed by atoms with E-state index in [1.807, 2.05) is 75.4 Å². The summed E-state index contributed by atoms with van der Waals surface area (Å²) in [5.41, 5.74) is 5.98. The normalized spacial score (nSPS) is 16.8. The highest BCUT2D eigenvalue weighted by atomic mass is 16.7. The number of esters is 1. The van der Waals surface area contributed by atoms with Crippen LogP contribution in [0.1, 0.15) is 165 Å². The second-order valence-corrected chi connectivity index (χ2v) is 24.0. The largest absolute Gasteiger partial charge is 0.514 e. The quantitative estimate of drug-likeness (QED) is 0.0894. The Morgan fingerprint density at radius 1 is 0.667 bits per heavy atom. The third-order valence-electron chi connectivity index (χ3n) is 15.1. The minimum absolute atomic E-state index is 0.0215. The highest BCUT2D eigenvalue weighted by Crippen LogP contribution is 2.60. The molecule has 0 amide bonds. The van der Waals surface area contributed by atoms with E-state index >= 15 is 0 Å². The van der Waals surface area contributed by atoms with E-state index < -0.39 is 17.4 Å². The van der Waals surface area contributed by atoms with Gasteiger partial charge in [-0.05, 0) is 138 Å². The molecule has 3 unspecified atom stereocenters. The summed E-state index contributed by atoms with van der Waals surface area (Å²) in [6.07, 6.45) is 1.28. The molecule has 6 aromatic rings. The molecule has 6 aromatic carbocycles. The fourth-order valence-electron chi connectivity index (χ4n) is 10.9. The maximum Gasteiger partial charge on any atom is 0.514 e. The van der Waals surface area contributed by atoms with Crippen LogP contribution in [0.2, 0.25) is 0 Å². The first-order chi connectivity index (χ1) is 32.3. The molecule has 7 nitrogen and oxygen atoms in total. The van der Waals surface area contributed by atoms with Gasteiger partial charge < -0.3 is 23.8 Å². The SMILES string of the molecule is CCN(Cc1cccc(C(CC(C)(C)C(C)(C)C(CC(C)(C)C)c2ccc(OC(=O)OC(C)(C)C)cc2)C(C)(C)C)c1)c1ccc2c(c1)Oc1ccc3ccccc3c1C21OC(=O)c2ccccc21. The van der Waals surface area contributed by atoms with Gasteiger partial charge in [-0.1, -0.05) is 154 Å². The molecule has 2 aliphatic heterocycles. The van der Waals surface area contributed by atoms with E-state index in [1.165, 1.54) is 16.7 Å². The summed E-state index contributed by atoms with van der Waals surface area (Å²) in [6, 6.07) is 43.7. The number of carbonyl (C=O) groups is 2. The second-order valence-electron chi connectivity index (χ2n) is 24.0. The Morgan fingerprint density at radius 3 is 2.04 bits per heavy atom. The molecule has 0 saturated carbocycles. The molecule has 0 bridgehead atoms. The molecule has 0 radical (unpaired) electrons. The lowest BCUT2D eigenvalue weighted by molar-refractivity contribution is 0.0201. The summed E-state index contributed by atoms with van der Waals surface area (Å²) in [4.78, 5) is 28.6. The Balaban J connectivity index is 1.08. The van der Waals surface area contributed by atoms with Crippen LogP contribution in [0, 0.1) is 21.7 Å². The third-order valence-corrected chi connectivity index (χ3v) is 15.1. The van der Waals surface area contributed by atoms with E-state index in [0.29, 0.717) is 29.4 Å². The zero-order valence-corrected chi connectivity index (χ0v) is 43.5. The van der Waals surface area contributed by atoms with Gasteiger partial charge in [0.25, 0.3) is 0 Å². The molecule has 2 heterocycles. The average molecular weight is 928 g/mol. The number of rotatable bonds is 12. The van der Waals surface area contributed by atoms with E-state index in [1.54, 1.807) is 0 Å². The van der Waals surface area contributed by atoms with Crippen molar-refractivity contribution in [3.05, 3.63) is 166 Å². The highest BCUT2D eigenvalue weighted by Gasteiger charge is 2.54. The van der Waals surface area contributed by atoms with Crippen molar-refractivity contribution in [1.82, 2.24) is 0 Å². The fraction of sp³-hybridized carbons (Fsp3) is 0.419. The maximum absolute atomic E-state index is 13.7. The smallest absolute Gasteiger partial charge is 0.456 e. The van der Waals surface area contributed by atoms with Gasteiger partial charge >= 0.3 is 12.1 Å². The van der Waals surface area contributed by atoms with E-state index in [4.69, 9.17) is 18.9 Å². The average Bonchev–Trinajstić information content (AvgIpc) is 3.56. The minimum atomic E-state index is -1.15. The van der Waals surface area contributed by atoms with E-state index in [-0.39, 0.29) is 39.5 Å². The Hall–Kier alpha value is -6.08. The Kier molecular flexibility index (Phi) is 12.9. The lowest BCUT2D eigenvalue weighted by Gasteiger charge is -2.51. The van der Waals surface area contributed by atoms with Gasteiger partial charge in [0.2, 0.25) is 0 Å². The van der Waals surface area contributed by atoms with Crippen LogP contribution in [0.25, 0.3) is 10.8 Å². The number of hydrogen-bond donors (Lipinski definition) is 0. The summed E-state index contributed by atoms with van der Waals surface area (Å²) < 4.78 is 24.4. The number of nitrogens with zero attached hydrogens (tertiary/aromatic N) is 1. The highest BCUT2D eigenvalue weighted by molar-refractivity contribution is 6.00. The standard InChI is InChI=1S/C62H73NO6/c1-15-63(44-30-33-49-53(36-44)67-52-34-29-41-22-16-17-24-46(41)54(52)62(49)48-26-19-18-25-47(48)55(64)68-62)39-40-21-20-23-43(35-40)50(58(5,6)7)38-60(11,12)61(13,14)51(37-57(2,3)4)42-27-31-45(32-28-42)66-56(65)69-59(8,9)10/h16-36,50-51H,15,37-39H2,1-14H3. The summed E-state index contributed by atoms with van der Waals surface area (Å²) >= 11 is 0. The first kappa shape index (κ1) is 49.3. The lowest BCUT2D eigenvalue weighted by atomic mass is 9.53. The lowest BCUT2D eigenvalue weighted by Crippen LogP contribution is -2.41. The van der Waals surface area contributed by atoms with Crippen molar-refractivity contribution in [3.63, 3.8) is 0 Å². The van der Waals surface area contributed by atoms with E-state index in [9.17, 15) is 9.59 Å². The van der Waals surface area contributed by atoms with Crippen molar-refractivity contribution >= 4 is 28.6 Å². The van der Waals surface area contributed by atoms with Gasteiger partial charge in [-0.2, -0.15) is 0 Å². The van der Waals surface area contributed by atoms with E-state index in [0.717, 1.165) is 52.5 Å². The van der Waals surface area contributed by atoms with Crippen LogP contribution in [-0.2, 0) is 21.6 Å². The molecule has 3 atom stereocenters. The molecule has 0 saturated heterocycles. The van der Waals surface area contributed by atoms with Crippen LogP contribution >= 0.6 is 0 Å².